The van der Waals surface area contributed by atoms with Crippen molar-refractivity contribution in [3.63, 3.8) is 0 Å². The monoisotopic (exact) mass is 377 g/mol. The third-order valence-electron chi connectivity index (χ3n) is 4.49. The smallest absolute Gasteiger partial charge is 0.184 e. The Morgan fingerprint density at radius 2 is 2.12 bits per heavy atom. The van der Waals surface area contributed by atoms with E-state index >= 15 is 0 Å². The number of halogens is 2. The van der Waals surface area contributed by atoms with Crippen LogP contribution in [0.2, 0.25) is 10.2 Å². The second-order valence-electron chi connectivity index (χ2n) is 6.33. The van der Waals surface area contributed by atoms with Crippen molar-refractivity contribution in [2.24, 2.45) is 0 Å². The number of hydrogen-bond donors (Lipinski definition) is 0. The molecule has 132 valence electrons. The molecular weight excluding hydrogens is 357 g/mol. The molecular formula is C19H21Cl2N3O. The van der Waals surface area contributed by atoms with Crippen LogP contribution in [-0.4, -0.2) is 15.9 Å². The van der Waals surface area contributed by atoms with E-state index in [0.29, 0.717) is 22.3 Å². The van der Waals surface area contributed by atoms with Gasteiger partial charge >= 0.3 is 0 Å². The second kappa shape index (κ2) is 8.12. The Hall–Kier alpha value is -1.70. The first-order valence-electron chi connectivity index (χ1n) is 8.76. The van der Waals surface area contributed by atoms with Crippen molar-refractivity contribution in [3.8, 4) is 17.5 Å². The standard InChI is InChI=1S/C19H21Cl2N3O/c1-2-3-6-14(12-22)25-18-11-13(9-10-16(18)20)24-19(21)15-7-4-5-8-17(15)23-24/h9-11,14H,2-8H2,1H3. The number of unbranched alkanes of at least 4 members (excludes halogenated alkanes) is 1. The first-order valence-corrected chi connectivity index (χ1v) is 9.52. The van der Waals surface area contributed by atoms with Gasteiger partial charge in [0.2, 0.25) is 0 Å². The lowest BCUT2D eigenvalue weighted by molar-refractivity contribution is 0.241. The van der Waals surface area contributed by atoms with Gasteiger partial charge in [0.25, 0.3) is 0 Å². The Morgan fingerprint density at radius 1 is 1.32 bits per heavy atom. The van der Waals surface area contributed by atoms with Crippen molar-refractivity contribution in [2.45, 2.75) is 58.0 Å². The van der Waals surface area contributed by atoms with Crippen molar-refractivity contribution in [1.29, 1.82) is 5.26 Å². The molecule has 0 aliphatic heterocycles. The molecule has 1 unspecified atom stereocenters. The van der Waals surface area contributed by atoms with E-state index in [-0.39, 0.29) is 0 Å². The lowest BCUT2D eigenvalue weighted by atomic mass is 9.99. The topological polar surface area (TPSA) is 50.8 Å². The Balaban J connectivity index is 1.89. The van der Waals surface area contributed by atoms with Crippen LogP contribution < -0.4 is 4.74 Å². The van der Waals surface area contributed by atoms with Gasteiger partial charge in [0.15, 0.2) is 6.10 Å². The summed E-state index contributed by atoms with van der Waals surface area (Å²) in [5, 5.41) is 15.1. The van der Waals surface area contributed by atoms with Gasteiger partial charge in [0.1, 0.15) is 17.0 Å². The van der Waals surface area contributed by atoms with E-state index < -0.39 is 6.10 Å². The van der Waals surface area contributed by atoms with E-state index in [1.54, 1.807) is 10.7 Å². The van der Waals surface area contributed by atoms with Gasteiger partial charge in [-0.2, -0.15) is 10.4 Å². The molecule has 1 atom stereocenters. The van der Waals surface area contributed by atoms with Gasteiger partial charge in [0.05, 0.1) is 16.4 Å². The van der Waals surface area contributed by atoms with Gasteiger partial charge in [-0.3, -0.25) is 0 Å². The Kier molecular flexibility index (Phi) is 5.88. The highest BCUT2D eigenvalue weighted by Gasteiger charge is 2.21. The Labute approximate surface area is 158 Å². The molecule has 2 aromatic rings. The van der Waals surface area contributed by atoms with E-state index in [1.807, 2.05) is 12.1 Å². The van der Waals surface area contributed by atoms with E-state index in [4.69, 9.17) is 27.9 Å². The van der Waals surface area contributed by atoms with Crippen molar-refractivity contribution in [3.05, 3.63) is 39.6 Å². The molecule has 0 saturated heterocycles. The van der Waals surface area contributed by atoms with Crippen molar-refractivity contribution >= 4 is 23.2 Å². The maximum absolute atomic E-state index is 9.29. The molecule has 1 aliphatic rings. The Morgan fingerprint density at radius 3 is 2.84 bits per heavy atom. The zero-order valence-corrected chi connectivity index (χ0v) is 15.8. The molecule has 25 heavy (non-hydrogen) atoms. The molecule has 1 aromatic heterocycles. The summed E-state index contributed by atoms with van der Waals surface area (Å²) >= 11 is 12.8. The minimum absolute atomic E-state index is 0.480. The average Bonchev–Trinajstić information content (AvgIpc) is 2.97. The van der Waals surface area contributed by atoms with Crippen molar-refractivity contribution in [1.82, 2.24) is 9.78 Å². The summed E-state index contributed by atoms with van der Waals surface area (Å²) in [6.45, 7) is 2.09. The first-order chi connectivity index (χ1) is 12.1. The molecule has 0 amide bonds. The highest BCUT2D eigenvalue weighted by Crippen LogP contribution is 2.33. The zero-order chi connectivity index (χ0) is 17.8. The molecule has 3 rings (SSSR count). The van der Waals surface area contributed by atoms with Crippen LogP contribution in [0.25, 0.3) is 5.69 Å². The van der Waals surface area contributed by atoms with E-state index in [9.17, 15) is 5.26 Å². The van der Waals surface area contributed by atoms with Crippen molar-refractivity contribution < 1.29 is 4.74 Å². The number of fused-ring (bicyclic) bond motifs is 1. The third-order valence-corrected chi connectivity index (χ3v) is 5.19. The fraction of sp³-hybridized carbons (Fsp3) is 0.474. The van der Waals surface area contributed by atoms with Crippen LogP contribution in [0.4, 0.5) is 0 Å². The fourth-order valence-electron chi connectivity index (χ4n) is 3.09. The molecule has 0 N–H and O–H groups in total. The van der Waals surface area contributed by atoms with Crippen LogP contribution in [0.15, 0.2) is 18.2 Å². The molecule has 0 saturated carbocycles. The largest absolute Gasteiger partial charge is 0.474 e. The van der Waals surface area contributed by atoms with Crippen LogP contribution in [-0.2, 0) is 12.8 Å². The third kappa shape index (κ3) is 3.94. The number of ether oxygens (including phenoxy) is 1. The van der Waals surface area contributed by atoms with Crippen LogP contribution in [0, 0.1) is 11.3 Å². The van der Waals surface area contributed by atoms with Gasteiger partial charge in [0, 0.05) is 11.6 Å². The summed E-state index contributed by atoms with van der Waals surface area (Å²) in [5.41, 5.74) is 3.01. The quantitative estimate of drug-likeness (QED) is 0.665. The highest BCUT2D eigenvalue weighted by molar-refractivity contribution is 6.32. The van der Waals surface area contributed by atoms with Gasteiger partial charge in [-0.15, -0.1) is 0 Å². The SMILES string of the molecule is CCCCC(C#N)Oc1cc(-n2nc3c(c2Cl)CCCC3)ccc1Cl. The van der Waals surface area contributed by atoms with Crippen LogP contribution >= 0.6 is 23.2 Å². The van der Waals surface area contributed by atoms with Gasteiger partial charge in [-0.25, -0.2) is 4.68 Å². The van der Waals surface area contributed by atoms with Crippen molar-refractivity contribution in [2.75, 3.05) is 0 Å². The predicted octanol–water partition coefficient (Wildman–Crippen LogP) is 5.52. The van der Waals surface area contributed by atoms with Crippen LogP contribution in [0.1, 0.15) is 50.3 Å². The summed E-state index contributed by atoms with van der Waals surface area (Å²) in [6.07, 6.45) is 6.37. The second-order valence-corrected chi connectivity index (χ2v) is 7.09. The maximum Gasteiger partial charge on any atom is 0.184 e. The number of aromatic nitrogens is 2. The minimum Gasteiger partial charge on any atom is -0.474 e. The lowest BCUT2D eigenvalue weighted by Crippen LogP contribution is -2.14. The summed E-state index contributed by atoms with van der Waals surface area (Å²) < 4.78 is 7.57. The van der Waals surface area contributed by atoms with Gasteiger partial charge < -0.3 is 4.74 Å². The first kappa shape index (κ1) is 18.1. The average molecular weight is 378 g/mol. The molecule has 1 heterocycles. The van der Waals surface area contributed by atoms with Crippen LogP contribution in [0.5, 0.6) is 5.75 Å². The van der Waals surface area contributed by atoms with Crippen LogP contribution in [0.3, 0.4) is 0 Å². The number of nitriles is 1. The zero-order valence-electron chi connectivity index (χ0n) is 14.3. The van der Waals surface area contributed by atoms with E-state index in [1.165, 1.54) is 0 Å². The summed E-state index contributed by atoms with van der Waals surface area (Å²) in [7, 11) is 0. The molecule has 4 nitrogen and oxygen atoms in total. The lowest BCUT2D eigenvalue weighted by Gasteiger charge is -2.14. The number of benzene rings is 1. The summed E-state index contributed by atoms with van der Waals surface area (Å²) in [6, 6.07) is 7.63. The number of rotatable bonds is 6. The maximum atomic E-state index is 9.29. The predicted molar refractivity (Wildman–Crippen MR) is 99.8 cm³/mol. The van der Waals surface area contributed by atoms with E-state index in [2.05, 4.69) is 18.1 Å². The molecule has 1 aliphatic carbocycles. The number of aryl methyl sites for hydroxylation is 1. The number of hydrogen-bond acceptors (Lipinski definition) is 3. The molecule has 0 bridgehead atoms. The summed E-state index contributed by atoms with van der Waals surface area (Å²) in [5.74, 6) is 0.492. The normalized spacial score (nSPS) is 14.6. The molecule has 0 fully saturated rings. The summed E-state index contributed by atoms with van der Waals surface area (Å²) in [4.78, 5) is 0. The van der Waals surface area contributed by atoms with E-state index in [0.717, 1.165) is 55.5 Å². The molecule has 1 aromatic carbocycles. The highest BCUT2D eigenvalue weighted by atomic mass is 35.5. The Bertz CT molecular complexity index is 795. The molecule has 6 heteroatoms. The number of nitrogens with zero attached hydrogens (tertiary/aromatic N) is 3. The van der Waals surface area contributed by atoms with Gasteiger partial charge in [-0.1, -0.05) is 36.5 Å². The minimum atomic E-state index is -0.506. The molecule has 0 radical (unpaired) electrons. The van der Waals surface area contributed by atoms with Gasteiger partial charge in [-0.05, 0) is 50.7 Å². The fourth-order valence-corrected chi connectivity index (χ4v) is 3.59. The molecule has 0 spiro atoms.